The molecular weight excluding hydrogens is 291 g/mol. The van der Waals surface area contributed by atoms with Gasteiger partial charge in [0, 0.05) is 10.6 Å². The number of halogens is 2. The van der Waals surface area contributed by atoms with E-state index < -0.39 is 0 Å². The maximum Gasteiger partial charge on any atom is 0.125 e. The topological polar surface area (TPSA) is 9.23 Å². The van der Waals surface area contributed by atoms with Gasteiger partial charge in [-0.1, -0.05) is 69.5 Å². The summed E-state index contributed by atoms with van der Waals surface area (Å²) in [5.41, 5.74) is 0.899. The lowest BCUT2D eigenvalue weighted by Gasteiger charge is -2.11. The molecule has 1 rings (SSSR count). The summed E-state index contributed by atoms with van der Waals surface area (Å²) in [5.74, 6) is 1.22. The second kappa shape index (κ2) is 11.3. The highest BCUT2D eigenvalue weighted by atomic mass is 35.5. The van der Waals surface area contributed by atoms with Crippen LogP contribution in [0.5, 0.6) is 5.75 Å². The van der Waals surface area contributed by atoms with Crippen molar-refractivity contribution in [2.75, 3.05) is 6.61 Å². The summed E-state index contributed by atoms with van der Waals surface area (Å²) in [5, 5.41) is 0.688. The summed E-state index contributed by atoms with van der Waals surface area (Å²) < 4.78 is 5.79. The summed E-state index contributed by atoms with van der Waals surface area (Å²) in [6, 6.07) is 5.69. The van der Waals surface area contributed by atoms with E-state index in [1.165, 1.54) is 44.9 Å². The Balaban J connectivity index is 2.11. The molecule has 1 aromatic carbocycles. The third kappa shape index (κ3) is 6.85. The van der Waals surface area contributed by atoms with Crippen LogP contribution in [-0.2, 0) is 5.88 Å². The molecule has 114 valence electrons. The van der Waals surface area contributed by atoms with Crippen LogP contribution in [0.1, 0.15) is 63.9 Å². The van der Waals surface area contributed by atoms with E-state index in [0.717, 1.165) is 24.3 Å². The van der Waals surface area contributed by atoms with Gasteiger partial charge < -0.3 is 4.74 Å². The summed E-state index contributed by atoms with van der Waals surface area (Å²) >= 11 is 12.0. The van der Waals surface area contributed by atoms with Crippen LogP contribution in [0.3, 0.4) is 0 Å². The average molecular weight is 317 g/mol. The smallest absolute Gasteiger partial charge is 0.125 e. The maximum atomic E-state index is 6.09. The Morgan fingerprint density at radius 2 is 1.60 bits per heavy atom. The fourth-order valence-corrected chi connectivity index (χ4v) is 2.80. The van der Waals surface area contributed by atoms with Crippen molar-refractivity contribution in [3.63, 3.8) is 0 Å². The van der Waals surface area contributed by atoms with Gasteiger partial charge in [-0.05, 0) is 18.6 Å². The number of ether oxygens (including phenoxy) is 1. The standard InChI is InChI=1S/C17H26Cl2O/c1-2-3-4-5-6-7-8-9-13-20-17-12-10-11-16(19)15(17)14-18/h10-12H,2-9,13-14H2,1H3. The molecule has 0 heterocycles. The fourth-order valence-electron chi connectivity index (χ4n) is 2.22. The highest BCUT2D eigenvalue weighted by Gasteiger charge is 2.06. The third-order valence-electron chi connectivity index (χ3n) is 3.46. The minimum absolute atomic E-state index is 0.395. The number of hydrogen-bond acceptors (Lipinski definition) is 1. The number of benzene rings is 1. The first-order chi connectivity index (χ1) is 9.79. The molecule has 0 aliphatic carbocycles. The van der Waals surface area contributed by atoms with E-state index in [2.05, 4.69) is 6.92 Å². The van der Waals surface area contributed by atoms with E-state index in [-0.39, 0.29) is 0 Å². The molecule has 0 fully saturated rings. The van der Waals surface area contributed by atoms with E-state index in [4.69, 9.17) is 27.9 Å². The normalized spacial score (nSPS) is 10.8. The third-order valence-corrected chi connectivity index (χ3v) is 4.09. The van der Waals surface area contributed by atoms with Gasteiger partial charge in [-0.15, -0.1) is 11.6 Å². The first-order valence-corrected chi connectivity index (χ1v) is 8.67. The second-order valence-electron chi connectivity index (χ2n) is 5.17. The zero-order valence-electron chi connectivity index (χ0n) is 12.5. The SMILES string of the molecule is CCCCCCCCCCOc1cccc(Cl)c1CCl. The minimum atomic E-state index is 0.395. The van der Waals surface area contributed by atoms with Gasteiger partial charge in [0.25, 0.3) is 0 Å². The molecule has 0 aliphatic rings. The Kier molecular flexibility index (Phi) is 9.96. The summed E-state index contributed by atoms with van der Waals surface area (Å²) in [6.45, 7) is 3.00. The highest BCUT2D eigenvalue weighted by molar-refractivity contribution is 6.32. The summed E-state index contributed by atoms with van der Waals surface area (Å²) in [6.07, 6.45) is 10.4. The molecule has 1 nitrogen and oxygen atoms in total. The van der Waals surface area contributed by atoms with Gasteiger partial charge in [-0.3, -0.25) is 0 Å². The number of rotatable bonds is 11. The van der Waals surface area contributed by atoms with E-state index in [0.29, 0.717) is 10.9 Å². The molecule has 0 aromatic heterocycles. The quantitative estimate of drug-likeness (QED) is 0.330. The van der Waals surface area contributed by atoms with Gasteiger partial charge in [0.05, 0.1) is 12.5 Å². The van der Waals surface area contributed by atoms with Crippen LogP contribution >= 0.6 is 23.2 Å². The van der Waals surface area contributed by atoms with Crippen molar-refractivity contribution in [3.05, 3.63) is 28.8 Å². The highest BCUT2D eigenvalue weighted by Crippen LogP contribution is 2.28. The van der Waals surface area contributed by atoms with Gasteiger partial charge in [0.15, 0.2) is 0 Å². The molecular formula is C17H26Cl2O. The van der Waals surface area contributed by atoms with Crippen molar-refractivity contribution < 1.29 is 4.74 Å². The summed E-state index contributed by atoms with van der Waals surface area (Å²) in [4.78, 5) is 0. The average Bonchev–Trinajstić information content (AvgIpc) is 2.45. The molecule has 3 heteroatoms. The molecule has 0 bridgehead atoms. The largest absolute Gasteiger partial charge is 0.493 e. The van der Waals surface area contributed by atoms with Crippen LogP contribution < -0.4 is 4.74 Å². The van der Waals surface area contributed by atoms with Crippen LogP contribution in [0.25, 0.3) is 0 Å². The molecule has 0 amide bonds. The van der Waals surface area contributed by atoms with E-state index in [1.807, 2.05) is 18.2 Å². The zero-order valence-corrected chi connectivity index (χ0v) is 14.0. The molecule has 0 radical (unpaired) electrons. The Hall–Kier alpha value is -0.400. The van der Waals surface area contributed by atoms with Crippen molar-refractivity contribution in [3.8, 4) is 5.75 Å². The monoisotopic (exact) mass is 316 g/mol. The molecule has 0 aliphatic heterocycles. The van der Waals surface area contributed by atoms with Gasteiger partial charge in [0.1, 0.15) is 5.75 Å². The van der Waals surface area contributed by atoms with Crippen molar-refractivity contribution in [1.82, 2.24) is 0 Å². The molecule has 0 saturated heterocycles. The van der Waals surface area contributed by atoms with Crippen molar-refractivity contribution >= 4 is 23.2 Å². The number of alkyl halides is 1. The Bertz CT molecular complexity index is 366. The van der Waals surface area contributed by atoms with Crippen LogP contribution in [0.4, 0.5) is 0 Å². The van der Waals surface area contributed by atoms with Gasteiger partial charge in [-0.2, -0.15) is 0 Å². The van der Waals surface area contributed by atoms with Crippen molar-refractivity contribution in [1.29, 1.82) is 0 Å². The Labute approximate surface area is 133 Å². The Morgan fingerprint density at radius 3 is 2.25 bits per heavy atom. The predicted molar refractivity (Wildman–Crippen MR) is 89.1 cm³/mol. The Morgan fingerprint density at radius 1 is 0.950 bits per heavy atom. The fraction of sp³-hybridized carbons (Fsp3) is 0.647. The van der Waals surface area contributed by atoms with Crippen LogP contribution in [-0.4, -0.2) is 6.61 Å². The molecule has 1 aromatic rings. The first kappa shape index (κ1) is 17.7. The second-order valence-corrected chi connectivity index (χ2v) is 5.85. The lowest BCUT2D eigenvalue weighted by Crippen LogP contribution is -2.00. The predicted octanol–water partition coefficient (Wildman–Crippen LogP) is 6.60. The van der Waals surface area contributed by atoms with Crippen molar-refractivity contribution in [2.24, 2.45) is 0 Å². The van der Waals surface area contributed by atoms with E-state index >= 15 is 0 Å². The first-order valence-electron chi connectivity index (χ1n) is 7.75. The number of hydrogen-bond donors (Lipinski definition) is 0. The van der Waals surface area contributed by atoms with Crippen LogP contribution in [0.2, 0.25) is 5.02 Å². The maximum absolute atomic E-state index is 6.09. The molecule has 0 atom stereocenters. The molecule has 0 spiro atoms. The van der Waals surface area contributed by atoms with Crippen LogP contribution in [0.15, 0.2) is 18.2 Å². The van der Waals surface area contributed by atoms with Gasteiger partial charge in [-0.25, -0.2) is 0 Å². The van der Waals surface area contributed by atoms with Gasteiger partial charge in [0.2, 0.25) is 0 Å². The number of unbranched alkanes of at least 4 members (excludes halogenated alkanes) is 7. The zero-order chi connectivity index (χ0) is 14.6. The van der Waals surface area contributed by atoms with Crippen LogP contribution in [0, 0.1) is 0 Å². The lowest BCUT2D eigenvalue weighted by atomic mass is 10.1. The lowest BCUT2D eigenvalue weighted by molar-refractivity contribution is 0.302. The van der Waals surface area contributed by atoms with E-state index in [9.17, 15) is 0 Å². The van der Waals surface area contributed by atoms with Crippen molar-refractivity contribution in [2.45, 2.75) is 64.2 Å². The minimum Gasteiger partial charge on any atom is -0.493 e. The molecule has 0 saturated carbocycles. The molecule has 20 heavy (non-hydrogen) atoms. The molecule has 0 unspecified atom stereocenters. The van der Waals surface area contributed by atoms with E-state index in [1.54, 1.807) is 0 Å². The molecule has 0 N–H and O–H groups in total. The summed E-state index contributed by atoms with van der Waals surface area (Å²) in [7, 11) is 0. The van der Waals surface area contributed by atoms with Gasteiger partial charge >= 0.3 is 0 Å².